The molecule has 0 aliphatic carbocycles. The van der Waals surface area contributed by atoms with Crippen LogP contribution in [0.1, 0.15) is 25.3 Å². The van der Waals surface area contributed by atoms with E-state index in [2.05, 4.69) is 4.90 Å². The average Bonchev–Trinajstić information content (AvgIpc) is 2.82. The Morgan fingerprint density at radius 3 is 2.65 bits per heavy atom. The van der Waals surface area contributed by atoms with Crippen LogP contribution >= 0.6 is 11.8 Å². The van der Waals surface area contributed by atoms with Gasteiger partial charge in [0.25, 0.3) is 0 Å². The Kier molecular flexibility index (Phi) is 8.06. The molecule has 1 saturated heterocycles. The third-order valence-corrected chi connectivity index (χ3v) is 7.22. The van der Waals surface area contributed by atoms with E-state index in [4.69, 9.17) is 9.47 Å². The predicted octanol–water partition coefficient (Wildman–Crippen LogP) is 5.60. The number of piperidine rings is 1. The number of nitrogens with zero attached hydrogens (tertiary/aromatic N) is 2. The van der Waals surface area contributed by atoms with Crippen LogP contribution in [0, 0.1) is 5.92 Å². The molecular formula is C25H29F3N2O3S. The molecule has 0 N–H and O–H groups in total. The summed E-state index contributed by atoms with van der Waals surface area (Å²) in [5, 5.41) is 0. The number of halogens is 3. The van der Waals surface area contributed by atoms with E-state index in [9.17, 15) is 18.0 Å². The predicted molar refractivity (Wildman–Crippen MR) is 126 cm³/mol. The highest BCUT2D eigenvalue weighted by atomic mass is 32.2. The lowest BCUT2D eigenvalue weighted by molar-refractivity contribution is -0.150. The van der Waals surface area contributed by atoms with Gasteiger partial charge in [0.05, 0.1) is 42.7 Å². The van der Waals surface area contributed by atoms with Crippen molar-refractivity contribution >= 4 is 29.1 Å². The van der Waals surface area contributed by atoms with Crippen LogP contribution in [-0.2, 0) is 20.4 Å². The van der Waals surface area contributed by atoms with Crippen molar-refractivity contribution in [2.45, 2.75) is 35.7 Å². The van der Waals surface area contributed by atoms with Gasteiger partial charge in [0.15, 0.2) is 0 Å². The second-order valence-electron chi connectivity index (χ2n) is 8.41. The largest absolute Gasteiger partial charge is 0.466 e. The summed E-state index contributed by atoms with van der Waals surface area (Å²) in [5.74, 6) is -0.220. The monoisotopic (exact) mass is 494 g/mol. The lowest BCUT2D eigenvalue weighted by atomic mass is 9.98. The van der Waals surface area contributed by atoms with Gasteiger partial charge in [-0.15, -0.1) is 0 Å². The summed E-state index contributed by atoms with van der Waals surface area (Å²) in [6.45, 7) is 5.82. The minimum atomic E-state index is -4.39. The summed E-state index contributed by atoms with van der Waals surface area (Å²) < 4.78 is 51.1. The minimum absolute atomic E-state index is 0.0876. The fraction of sp³-hybridized carbons (Fsp3) is 0.480. The maximum absolute atomic E-state index is 13.3. The zero-order valence-electron chi connectivity index (χ0n) is 19.1. The van der Waals surface area contributed by atoms with E-state index < -0.39 is 11.7 Å². The Hall–Kier alpha value is -2.23. The molecule has 0 bridgehead atoms. The number of esters is 1. The summed E-state index contributed by atoms with van der Waals surface area (Å²) in [7, 11) is 0. The highest BCUT2D eigenvalue weighted by Gasteiger charge is 2.33. The molecule has 4 rings (SSSR count). The maximum Gasteiger partial charge on any atom is 0.416 e. The Labute approximate surface area is 202 Å². The molecule has 0 spiro atoms. The van der Waals surface area contributed by atoms with Crippen molar-refractivity contribution < 1.29 is 27.4 Å². The standard InChI is InChI=1S/C25H29F3N2O3S/c1-2-33-24(31)18-6-5-11-29(17-18)12-14-32-15-13-30-20-7-3-4-8-22(20)34-23-10-9-19(16-21(23)30)25(26,27)28/h3-4,7-10,16,18H,2,5-6,11-15,17H2,1H3/t18-/m0/s1. The number of rotatable bonds is 8. The zero-order chi connectivity index (χ0) is 24.1. The third kappa shape index (κ3) is 5.87. The van der Waals surface area contributed by atoms with Gasteiger partial charge in [-0.2, -0.15) is 13.2 Å². The Bertz CT molecular complexity index is 1000. The van der Waals surface area contributed by atoms with E-state index in [1.54, 1.807) is 6.07 Å². The molecule has 2 heterocycles. The van der Waals surface area contributed by atoms with E-state index in [-0.39, 0.29) is 11.9 Å². The Morgan fingerprint density at radius 2 is 1.85 bits per heavy atom. The van der Waals surface area contributed by atoms with Crippen molar-refractivity contribution in [3.05, 3.63) is 48.0 Å². The molecule has 0 unspecified atom stereocenters. The minimum Gasteiger partial charge on any atom is -0.466 e. The topological polar surface area (TPSA) is 42.0 Å². The van der Waals surface area contributed by atoms with Crippen LogP contribution in [0.15, 0.2) is 52.3 Å². The molecule has 0 amide bonds. The van der Waals surface area contributed by atoms with Crippen LogP contribution < -0.4 is 4.90 Å². The SMILES string of the molecule is CCOC(=O)[C@H]1CCCN(CCOCCN2c3ccccc3Sc3ccc(C(F)(F)F)cc32)C1. The van der Waals surface area contributed by atoms with Gasteiger partial charge in [0.2, 0.25) is 0 Å². The number of likely N-dealkylation sites (tertiary alicyclic amines) is 1. The van der Waals surface area contributed by atoms with Crippen molar-refractivity contribution in [1.82, 2.24) is 4.90 Å². The molecule has 2 aromatic carbocycles. The molecule has 2 aliphatic heterocycles. The summed E-state index contributed by atoms with van der Waals surface area (Å²) in [6.07, 6.45) is -2.60. The number of ether oxygens (including phenoxy) is 2. The van der Waals surface area contributed by atoms with E-state index >= 15 is 0 Å². The second kappa shape index (κ2) is 11.0. The molecule has 0 aromatic heterocycles. The molecular weight excluding hydrogens is 465 g/mol. The normalized spacial score (nSPS) is 18.4. The van der Waals surface area contributed by atoms with E-state index in [1.165, 1.54) is 17.8 Å². The number of anilines is 2. The number of fused-ring (bicyclic) bond motifs is 2. The summed E-state index contributed by atoms with van der Waals surface area (Å²) in [5.41, 5.74) is 0.782. The number of carbonyl (C=O) groups is 1. The fourth-order valence-corrected chi connectivity index (χ4v) is 5.49. The molecule has 184 valence electrons. The Morgan fingerprint density at radius 1 is 1.09 bits per heavy atom. The summed E-state index contributed by atoms with van der Waals surface area (Å²) in [4.78, 5) is 18.0. The van der Waals surface area contributed by atoms with Crippen molar-refractivity contribution in [3.8, 4) is 0 Å². The number of alkyl halides is 3. The van der Waals surface area contributed by atoms with Gasteiger partial charge in [-0.05, 0) is 56.6 Å². The molecule has 2 aliphatic rings. The first kappa shape index (κ1) is 24.9. The first-order valence-electron chi connectivity index (χ1n) is 11.6. The maximum atomic E-state index is 13.3. The number of hydrogen-bond donors (Lipinski definition) is 0. The van der Waals surface area contributed by atoms with Crippen molar-refractivity contribution in [2.75, 3.05) is 50.9 Å². The first-order valence-corrected chi connectivity index (χ1v) is 12.4. The number of para-hydroxylation sites is 1. The lowest BCUT2D eigenvalue weighted by Crippen LogP contribution is -2.41. The number of carbonyl (C=O) groups excluding carboxylic acids is 1. The van der Waals surface area contributed by atoms with Crippen LogP contribution in [0.5, 0.6) is 0 Å². The van der Waals surface area contributed by atoms with Gasteiger partial charge in [-0.1, -0.05) is 23.9 Å². The van der Waals surface area contributed by atoms with Gasteiger partial charge >= 0.3 is 12.1 Å². The van der Waals surface area contributed by atoms with Gasteiger partial charge in [0.1, 0.15) is 0 Å². The van der Waals surface area contributed by atoms with Gasteiger partial charge in [-0.25, -0.2) is 0 Å². The summed E-state index contributed by atoms with van der Waals surface area (Å²) >= 11 is 1.48. The van der Waals surface area contributed by atoms with Crippen LogP contribution in [0.25, 0.3) is 0 Å². The smallest absolute Gasteiger partial charge is 0.416 e. The van der Waals surface area contributed by atoms with E-state index in [0.717, 1.165) is 40.9 Å². The van der Waals surface area contributed by atoms with E-state index in [1.807, 2.05) is 36.1 Å². The van der Waals surface area contributed by atoms with Crippen molar-refractivity contribution in [2.24, 2.45) is 5.92 Å². The van der Waals surface area contributed by atoms with Crippen LogP contribution in [-0.4, -0.2) is 56.9 Å². The van der Waals surface area contributed by atoms with Gasteiger partial charge in [-0.3, -0.25) is 4.79 Å². The highest BCUT2D eigenvalue weighted by Crippen LogP contribution is 2.49. The van der Waals surface area contributed by atoms with Crippen LogP contribution in [0.2, 0.25) is 0 Å². The molecule has 0 radical (unpaired) electrons. The quantitative estimate of drug-likeness (QED) is 0.352. The second-order valence-corrected chi connectivity index (χ2v) is 9.49. The molecule has 1 fully saturated rings. The zero-order valence-corrected chi connectivity index (χ0v) is 20.0. The fourth-order valence-electron chi connectivity index (χ4n) is 4.41. The Balaban J connectivity index is 1.35. The molecule has 1 atom stereocenters. The average molecular weight is 495 g/mol. The molecule has 0 saturated carbocycles. The van der Waals surface area contributed by atoms with Crippen LogP contribution in [0.3, 0.4) is 0 Å². The van der Waals surface area contributed by atoms with Crippen LogP contribution in [0.4, 0.5) is 24.5 Å². The third-order valence-electron chi connectivity index (χ3n) is 6.09. The lowest BCUT2D eigenvalue weighted by Gasteiger charge is -2.33. The number of hydrogen-bond acceptors (Lipinski definition) is 6. The van der Waals surface area contributed by atoms with Crippen molar-refractivity contribution in [1.29, 1.82) is 0 Å². The first-order chi connectivity index (χ1) is 16.4. The molecule has 2 aromatic rings. The van der Waals surface area contributed by atoms with Gasteiger partial charge in [0, 0.05) is 29.4 Å². The molecule has 5 nitrogen and oxygen atoms in total. The van der Waals surface area contributed by atoms with E-state index in [0.29, 0.717) is 45.1 Å². The van der Waals surface area contributed by atoms with Gasteiger partial charge < -0.3 is 19.3 Å². The highest BCUT2D eigenvalue weighted by molar-refractivity contribution is 7.99. The molecule has 34 heavy (non-hydrogen) atoms. The molecule has 9 heteroatoms. The van der Waals surface area contributed by atoms with Crippen molar-refractivity contribution in [3.63, 3.8) is 0 Å². The number of benzene rings is 2. The summed E-state index contributed by atoms with van der Waals surface area (Å²) in [6, 6.07) is 11.6.